The van der Waals surface area contributed by atoms with Crippen LogP contribution in [0.5, 0.6) is 0 Å². The van der Waals surface area contributed by atoms with Gasteiger partial charge in [0.2, 0.25) is 29.7 Å². The van der Waals surface area contributed by atoms with E-state index < -0.39 is 11.1 Å². The van der Waals surface area contributed by atoms with Crippen molar-refractivity contribution < 1.29 is 92.0 Å². The Labute approximate surface area is 321 Å². The van der Waals surface area contributed by atoms with Gasteiger partial charge in [0.1, 0.15) is 0 Å². The summed E-state index contributed by atoms with van der Waals surface area (Å²) in [6.07, 6.45) is 1.49. The fraction of sp³-hybridized carbons (Fsp3) is 0.458. The Morgan fingerprint density at radius 3 is 2.06 bits per heavy atom. The van der Waals surface area contributed by atoms with E-state index in [0.29, 0.717) is 75.9 Å². The van der Waals surface area contributed by atoms with E-state index >= 15 is 0 Å². The second kappa shape index (κ2) is 21.3. The predicted octanol–water partition coefficient (Wildman–Crippen LogP) is -5.91. The first-order valence-electron chi connectivity index (χ1n) is 13.8. The van der Waals surface area contributed by atoms with Crippen LogP contribution >= 0.6 is 12.0 Å². The molecule has 23 heteroatoms. The summed E-state index contributed by atoms with van der Waals surface area (Å²) in [6.45, 7) is 4.76. The molecular weight excluding hydrogens is 678 g/mol. The van der Waals surface area contributed by atoms with Gasteiger partial charge in [-0.25, -0.2) is 4.99 Å². The van der Waals surface area contributed by atoms with Crippen LogP contribution in [0.2, 0.25) is 0 Å². The van der Waals surface area contributed by atoms with Crippen LogP contribution in [-0.4, -0.2) is 116 Å². The maximum Gasteiger partial charge on any atom is 1.00 e. The normalized spacial score (nSPS) is 15.4. The molecule has 2 fully saturated rings. The Bertz CT molecular complexity index is 1460. The number of morpholine rings is 2. The third kappa shape index (κ3) is 13.2. The summed E-state index contributed by atoms with van der Waals surface area (Å²) in [5.74, 6) is 1.96. The average molecular weight is 709 g/mol. The molecule has 2 aliphatic heterocycles. The molecule has 0 spiro atoms. The second-order valence-corrected chi connectivity index (χ2v) is 11.0. The molecule has 47 heavy (non-hydrogen) atoms. The van der Waals surface area contributed by atoms with Crippen LogP contribution in [-0.2, 0) is 29.9 Å². The minimum Gasteiger partial charge on any atom is -0.772 e. The van der Waals surface area contributed by atoms with E-state index in [-0.39, 0.29) is 101 Å². The Morgan fingerprint density at radius 2 is 1.47 bits per heavy atom. The van der Waals surface area contributed by atoms with E-state index in [2.05, 4.69) is 60.2 Å². The number of hydrogen-bond acceptors (Lipinski definition) is 20. The molecule has 0 amide bonds. The molecule has 0 radical (unpaired) electrons. The fourth-order valence-electron chi connectivity index (χ4n) is 4.15. The quantitative estimate of drug-likeness (QED) is 0.0254. The van der Waals surface area contributed by atoms with Crippen molar-refractivity contribution in [3.05, 3.63) is 24.3 Å². The summed E-state index contributed by atoms with van der Waals surface area (Å²) in [5, 5.41) is 22.7. The number of nitrogens with one attached hydrogen (secondary N) is 3. The third-order valence-electron chi connectivity index (χ3n) is 6.18. The smallest absolute Gasteiger partial charge is 0.772 e. The minimum absolute atomic E-state index is 0. The maximum atomic E-state index is 11.0. The van der Waals surface area contributed by atoms with Crippen molar-refractivity contribution in [2.45, 2.75) is 0 Å². The molecule has 1 aromatic carbocycles. The summed E-state index contributed by atoms with van der Waals surface area (Å²) in [4.78, 5) is 35.2. The van der Waals surface area contributed by atoms with Crippen molar-refractivity contribution in [3.8, 4) is 0 Å². The topological polar surface area (TPSA) is 232 Å². The molecule has 0 aliphatic carbocycles. The monoisotopic (exact) mass is 708 g/mol. The van der Waals surface area contributed by atoms with E-state index in [1.54, 1.807) is 0 Å². The summed E-state index contributed by atoms with van der Waals surface area (Å²) in [5.41, 5.74) is 1.31. The zero-order valence-corrected chi connectivity index (χ0v) is 31.5. The van der Waals surface area contributed by atoms with Crippen LogP contribution in [0.1, 0.15) is 0 Å². The molecule has 19 nitrogen and oxygen atoms in total. The molecule has 1 atom stereocenters. The standard InChI is InChI=1S/C24H32N12O7S2.2Na/c37-42-43-44-14-4-25-19-29-21(33-23(31-19)35-6-10-40-11-7-35)27-17-2-1-3-18(16-17)28-22-30-20(26-5-15-45(38)39)32-24(34-22)36-8-12-41-13-9-36;;/h1-4,16,37H,5-15H2,(H,38,39)(H,27,29,31,33)(H2,26,28,30,32,34);;/q;2*+1/p-2/b25-4-;;. The molecule has 5 rings (SSSR count). The molecule has 2 aromatic heterocycles. The Balaban J connectivity index is 0.00000300. The molecule has 0 bridgehead atoms. The SMILES string of the molecule is O=S([O-])CCNc1nc(Nc2cccc(Nc3nc(/N=C\CSOO[O-])nc(N4CCOCC4)n3)c2)nc(N2CCOCC2)n1.[Na+].[Na+]. The molecule has 3 aromatic rings. The number of nitrogens with zero attached hydrogens (tertiary/aromatic N) is 9. The first-order valence-corrected chi connectivity index (χ1v) is 15.9. The van der Waals surface area contributed by atoms with E-state index in [4.69, 9.17) is 9.47 Å². The summed E-state index contributed by atoms with van der Waals surface area (Å²) in [7, 11) is 0. The van der Waals surface area contributed by atoms with E-state index in [1.165, 1.54) is 6.21 Å². The van der Waals surface area contributed by atoms with Crippen molar-refractivity contribution in [1.82, 2.24) is 29.9 Å². The van der Waals surface area contributed by atoms with Crippen LogP contribution in [0.25, 0.3) is 0 Å². The Morgan fingerprint density at radius 1 is 0.894 bits per heavy atom. The summed E-state index contributed by atoms with van der Waals surface area (Å²) >= 11 is -1.43. The van der Waals surface area contributed by atoms with Crippen molar-refractivity contribution in [2.75, 3.05) is 96.4 Å². The van der Waals surface area contributed by atoms with Crippen molar-refractivity contribution in [2.24, 2.45) is 4.99 Å². The number of hydrogen-bond donors (Lipinski definition) is 3. The van der Waals surface area contributed by atoms with Gasteiger partial charge in [-0.3, -0.25) is 9.25 Å². The number of benzene rings is 1. The van der Waals surface area contributed by atoms with E-state index in [0.717, 1.165) is 12.0 Å². The molecular formula is C24H30N12Na2O7S2. The largest absolute Gasteiger partial charge is 1.00 e. The van der Waals surface area contributed by atoms with Gasteiger partial charge in [0.25, 0.3) is 5.95 Å². The summed E-state index contributed by atoms with van der Waals surface area (Å²) in [6, 6.07) is 7.33. The van der Waals surface area contributed by atoms with E-state index in [9.17, 15) is 14.0 Å². The van der Waals surface area contributed by atoms with Gasteiger partial charge >= 0.3 is 59.1 Å². The van der Waals surface area contributed by atoms with Gasteiger partial charge in [-0.05, 0) is 18.2 Å². The third-order valence-corrected chi connectivity index (χ3v) is 7.15. The van der Waals surface area contributed by atoms with Crippen molar-refractivity contribution in [3.63, 3.8) is 0 Å². The Kier molecular flexibility index (Phi) is 17.9. The van der Waals surface area contributed by atoms with Crippen LogP contribution in [0.15, 0.2) is 29.3 Å². The zero-order valence-electron chi connectivity index (χ0n) is 25.9. The van der Waals surface area contributed by atoms with E-state index in [1.807, 2.05) is 34.1 Å². The first-order chi connectivity index (χ1) is 22.1. The molecule has 242 valence electrons. The molecule has 2 aliphatic rings. The van der Waals surface area contributed by atoms with Gasteiger partial charge in [-0.15, -0.1) is 0 Å². The number of aliphatic imine (C=N–C) groups is 1. The van der Waals surface area contributed by atoms with Crippen LogP contribution in [0, 0.1) is 0 Å². The number of anilines is 7. The van der Waals surface area contributed by atoms with Gasteiger partial charge in [-0.2, -0.15) is 34.2 Å². The van der Waals surface area contributed by atoms with Crippen LogP contribution in [0.4, 0.5) is 47.1 Å². The number of ether oxygens (including phenoxy) is 2. The second-order valence-electron chi connectivity index (χ2n) is 9.24. The predicted molar refractivity (Wildman–Crippen MR) is 164 cm³/mol. The summed E-state index contributed by atoms with van der Waals surface area (Å²) < 4.78 is 37.1. The minimum atomic E-state index is -2.20. The van der Waals surface area contributed by atoms with Crippen LogP contribution in [0.3, 0.4) is 0 Å². The molecule has 0 saturated carbocycles. The maximum absolute atomic E-state index is 11.0. The average Bonchev–Trinajstić information content (AvgIpc) is 3.05. The molecule has 4 heterocycles. The fourth-order valence-corrected chi connectivity index (χ4v) is 4.65. The van der Waals surface area contributed by atoms with Gasteiger partial charge < -0.3 is 45.0 Å². The molecule has 2 saturated heterocycles. The van der Waals surface area contributed by atoms with Gasteiger partial charge in [0.05, 0.1) is 32.2 Å². The van der Waals surface area contributed by atoms with Crippen molar-refractivity contribution in [1.29, 1.82) is 0 Å². The molecule has 1 unspecified atom stereocenters. The first kappa shape index (κ1) is 39.6. The van der Waals surface area contributed by atoms with Crippen molar-refractivity contribution >= 4 is 76.4 Å². The molecule has 3 N–H and O–H groups in total. The zero-order chi connectivity index (χ0) is 31.3. The number of rotatable bonds is 15. The number of aromatic nitrogens is 6. The van der Waals surface area contributed by atoms with Gasteiger partial charge in [0.15, 0.2) is 0 Å². The van der Waals surface area contributed by atoms with Gasteiger partial charge in [-0.1, -0.05) is 17.1 Å². The Hall–Kier alpha value is -1.83. The van der Waals surface area contributed by atoms with Gasteiger partial charge in [0, 0.05) is 68.1 Å². The van der Waals surface area contributed by atoms with Crippen LogP contribution < -0.4 is 90.1 Å².